The maximum absolute atomic E-state index is 13.3. The predicted molar refractivity (Wildman–Crippen MR) is 164 cm³/mol. The molecule has 8 nitrogen and oxygen atoms in total. The third kappa shape index (κ3) is 13.8. The Hall–Kier alpha value is -0.500. The summed E-state index contributed by atoms with van der Waals surface area (Å²) in [6.45, 7) is 14.3. The van der Waals surface area contributed by atoms with Crippen LogP contribution in [0.3, 0.4) is 0 Å². The Morgan fingerprint density at radius 2 is 1.38 bits per heavy atom. The van der Waals surface area contributed by atoms with Gasteiger partial charge in [-0.05, 0) is 61.1 Å². The maximum atomic E-state index is 13.3. The van der Waals surface area contributed by atoms with Gasteiger partial charge in [-0.2, -0.15) is 0 Å². The van der Waals surface area contributed by atoms with E-state index < -0.39 is 18.8 Å². The average molecular weight is 575 g/mol. The lowest BCUT2D eigenvalue weighted by atomic mass is 10.0. The molecular weight excluding hydrogens is 511 g/mol. The minimum absolute atomic E-state index is 0.0328. The molecule has 0 aromatic carbocycles. The summed E-state index contributed by atoms with van der Waals surface area (Å²) in [5.41, 5.74) is -1.76. The van der Waals surface area contributed by atoms with Gasteiger partial charge in [0.15, 0.2) is 0 Å². The zero-order valence-electron chi connectivity index (χ0n) is 26.8. The molecule has 1 heterocycles. The van der Waals surface area contributed by atoms with E-state index in [0.29, 0.717) is 39.2 Å². The van der Waals surface area contributed by atoms with Crippen molar-refractivity contribution in [3.63, 3.8) is 0 Å². The number of nitrogens with zero attached hydrogens (tertiary/aromatic N) is 3. The SMILES string of the molecule is CCCCCCCC(CCCCCCC)OP(=N)(N(C)C)N1CCN(C(=O)C(C)(C)OCCC(C)(C)O)CC1. The third-order valence-corrected chi connectivity index (χ3v) is 10.6. The van der Waals surface area contributed by atoms with Crippen molar-refractivity contribution in [2.75, 3.05) is 46.9 Å². The molecule has 1 amide bonds. The molecule has 1 aliphatic rings. The molecule has 39 heavy (non-hydrogen) atoms. The monoisotopic (exact) mass is 574 g/mol. The highest BCUT2D eigenvalue weighted by Crippen LogP contribution is 2.55. The summed E-state index contributed by atoms with van der Waals surface area (Å²) in [4.78, 5) is 15.1. The van der Waals surface area contributed by atoms with Crippen LogP contribution in [0.25, 0.3) is 0 Å². The van der Waals surface area contributed by atoms with Crippen molar-refractivity contribution in [3.8, 4) is 0 Å². The maximum Gasteiger partial charge on any atom is 0.254 e. The standard InChI is InChI=1S/C30H63N4O4P/c1-9-11-13-15-17-19-27(20-18-16-14-12-10-2)38-39(31,32(7)8)34-24-22-33(23-25-34)28(35)30(5,6)37-26-21-29(3,4)36/h27,31,36H,9-26H2,1-8H3. The summed E-state index contributed by atoms with van der Waals surface area (Å²) >= 11 is 0. The fourth-order valence-electron chi connectivity index (χ4n) is 4.99. The zero-order valence-corrected chi connectivity index (χ0v) is 27.7. The first-order valence-electron chi connectivity index (χ1n) is 15.7. The van der Waals surface area contributed by atoms with Crippen LogP contribution < -0.4 is 0 Å². The molecule has 232 valence electrons. The highest BCUT2D eigenvalue weighted by molar-refractivity contribution is 7.55. The number of unbranched alkanes of at least 4 members (excludes halogenated alkanes) is 8. The Morgan fingerprint density at radius 3 is 1.82 bits per heavy atom. The lowest BCUT2D eigenvalue weighted by molar-refractivity contribution is -0.157. The lowest BCUT2D eigenvalue weighted by Gasteiger charge is -2.45. The number of hydrogen-bond donors (Lipinski definition) is 2. The van der Waals surface area contributed by atoms with E-state index in [9.17, 15) is 15.1 Å². The largest absolute Gasteiger partial charge is 0.390 e. The number of aliphatic hydroxyl groups is 1. The van der Waals surface area contributed by atoms with Crippen LogP contribution in [-0.4, -0.2) is 89.4 Å². The van der Waals surface area contributed by atoms with Crippen LogP contribution in [0, 0.1) is 5.16 Å². The molecule has 1 saturated heterocycles. The zero-order chi connectivity index (χ0) is 29.5. The molecular formula is C30H63N4O4P. The summed E-state index contributed by atoms with van der Waals surface area (Å²) in [6, 6.07) is 0. The summed E-state index contributed by atoms with van der Waals surface area (Å²) in [6.07, 6.45) is 15.1. The van der Waals surface area contributed by atoms with E-state index in [1.54, 1.807) is 13.8 Å². The van der Waals surface area contributed by atoms with Crippen LogP contribution in [0.2, 0.25) is 0 Å². The number of nitrogens with one attached hydrogen (secondary N) is 1. The Kier molecular flexibility index (Phi) is 17.0. The van der Waals surface area contributed by atoms with Gasteiger partial charge in [0, 0.05) is 26.2 Å². The van der Waals surface area contributed by atoms with Crippen LogP contribution in [0.5, 0.6) is 0 Å². The van der Waals surface area contributed by atoms with Gasteiger partial charge in [0.25, 0.3) is 5.91 Å². The molecule has 1 rings (SSSR count). The van der Waals surface area contributed by atoms with Crippen LogP contribution >= 0.6 is 7.58 Å². The number of carbonyl (C=O) groups is 1. The second-order valence-corrected chi connectivity index (χ2v) is 15.4. The van der Waals surface area contributed by atoms with Crippen molar-refractivity contribution < 1.29 is 19.2 Å². The normalized spacial score (nSPS) is 17.3. The van der Waals surface area contributed by atoms with E-state index >= 15 is 0 Å². The first-order valence-corrected chi connectivity index (χ1v) is 17.3. The lowest BCUT2D eigenvalue weighted by Crippen LogP contribution is -2.54. The van der Waals surface area contributed by atoms with Gasteiger partial charge in [-0.15, -0.1) is 0 Å². The van der Waals surface area contributed by atoms with Gasteiger partial charge in [0.2, 0.25) is 7.58 Å². The second kappa shape index (κ2) is 18.1. The predicted octanol–water partition coefficient (Wildman–Crippen LogP) is 7.28. The summed E-state index contributed by atoms with van der Waals surface area (Å²) < 4.78 is 16.8. The molecule has 0 spiro atoms. The van der Waals surface area contributed by atoms with Gasteiger partial charge in [0.1, 0.15) is 5.60 Å². The molecule has 0 bridgehead atoms. The minimum Gasteiger partial charge on any atom is -0.390 e. The van der Waals surface area contributed by atoms with Crippen molar-refractivity contribution in [1.82, 2.24) is 14.2 Å². The van der Waals surface area contributed by atoms with E-state index in [4.69, 9.17) is 9.26 Å². The van der Waals surface area contributed by atoms with Crippen LogP contribution in [0.4, 0.5) is 0 Å². The molecule has 1 aliphatic heterocycles. The van der Waals surface area contributed by atoms with Crippen molar-refractivity contribution in [1.29, 1.82) is 5.16 Å². The molecule has 0 aromatic heterocycles. The molecule has 1 unspecified atom stereocenters. The highest BCUT2D eigenvalue weighted by Gasteiger charge is 2.39. The molecule has 0 aliphatic carbocycles. The number of carbonyl (C=O) groups excluding carboxylic acids is 1. The topological polar surface area (TPSA) is 89.3 Å². The molecule has 0 saturated carbocycles. The van der Waals surface area contributed by atoms with Gasteiger partial charge >= 0.3 is 0 Å². The van der Waals surface area contributed by atoms with Crippen LogP contribution in [0.1, 0.15) is 125 Å². The number of ether oxygens (including phenoxy) is 1. The van der Waals surface area contributed by atoms with Crippen molar-refractivity contribution >= 4 is 13.5 Å². The minimum atomic E-state index is -2.71. The van der Waals surface area contributed by atoms with E-state index in [1.807, 2.05) is 37.5 Å². The molecule has 0 radical (unpaired) electrons. The quantitative estimate of drug-likeness (QED) is 0.111. The summed E-state index contributed by atoms with van der Waals surface area (Å²) in [7, 11) is 1.23. The molecule has 1 atom stereocenters. The van der Waals surface area contributed by atoms with Gasteiger partial charge in [0.05, 0.1) is 18.3 Å². The van der Waals surface area contributed by atoms with Gasteiger partial charge in [-0.3, -0.25) is 9.96 Å². The van der Waals surface area contributed by atoms with E-state index in [0.717, 1.165) is 25.7 Å². The number of rotatable bonds is 21. The number of amides is 1. The molecule has 0 aromatic rings. The van der Waals surface area contributed by atoms with Crippen molar-refractivity contribution in [3.05, 3.63) is 0 Å². The van der Waals surface area contributed by atoms with Crippen molar-refractivity contribution in [2.24, 2.45) is 0 Å². The summed E-state index contributed by atoms with van der Waals surface area (Å²) in [5, 5.41) is 19.5. The first kappa shape index (κ1) is 36.5. The molecule has 1 fully saturated rings. The molecule has 9 heteroatoms. The smallest absolute Gasteiger partial charge is 0.254 e. The van der Waals surface area contributed by atoms with Crippen LogP contribution in [-0.2, 0) is 14.1 Å². The average Bonchev–Trinajstić information content (AvgIpc) is 2.86. The van der Waals surface area contributed by atoms with Gasteiger partial charge in [-0.1, -0.05) is 78.1 Å². The Morgan fingerprint density at radius 1 is 0.897 bits per heavy atom. The first-order chi connectivity index (χ1) is 18.3. The van der Waals surface area contributed by atoms with E-state index in [-0.39, 0.29) is 12.0 Å². The second-order valence-electron chi connectivity index (χ2n) is 12.7. The fourth-order valence-corrected chi connectivity index (χ4v) is 7.17. The van der Waals surface area contributed by atoms with E-state index in [1.165, 1.54) is 51.4 Å². The Labute approximate surface area is 241 Å². The third-order valence-electron chi connectivity index (χ3n) is 7.72. The van der Waals surface area contributed by atoms with Gasteiger partial charge < -0.3 is 19.3 Å². The fraction of sp³-hybridized carbons (Fsp3) is 0.967. The summed E-state index contributed by atoms with van der Waals surface area (Å²) in [5.74, 6) is -0.0328. The Bertz CT molecular complexity index is 704. The van der Waals surface area contributed by atoms with E-state index in [2.05, 4.69) is 18.5 Å². The Balaban J connectivity index is 2.78. The number of piperazine rings is 1. The highest BCUT2D eigenvalue weighted by atomic mass is 31.2. The van der Waals surface area contributed by atoms with Gasteiger partial charge in [-0.25, -0.2) is 9.34 Å². The van der Waals surface area contributed by atoms with Crippen LogP contribution in [0.15, 0.2) is 0 Å². The van der Waals surface area contributed by atoms with Crippen molar-refractivity contribution in [2.45, 2.75) is 142 Å². The molecule has 2 N–H and O–H groups in total. The number of hydrogen-bond acceptors (Lipinski definition) is 5.